The van der Waals surface area contributed by atoms with Gasteiger partial charge in [-0.2, -0.15) is 0 Å². The van der Waals surface area contributed by atoms with E-state index in [0.29, 0.717) is 10.9 Å². The van der Waals surface area contributed by atoms with Gasteiger partial charge in [-0.3, -0.25) is 4.79 Å². The number of nitrogens with one attached hydrogen (secondary N) is 1. The van der Waals surface area contributed by atoms with Crippen molar-refractivity contribution in [2.24, 2.45) is 0 Å². The van der Waals surface area contributed by atoms with Gasteiger partial charge in [0.15, 0.2) is 5.43 Å². The number of hydrogen-bond acceptors (Lipinski definition) is 1. The van der Waals surface area contributed by atoms with Crippen LogP contribution in [0.5, 0.6) is 0 Å². The second kappa shape index (κ2) is 2.44. The Kier molecular flexibility index (Phi) is 1.43. The van der Waals surface area contributed by atoms with E-state index in [1.807, 2.05) is 0 Å². The van der Waals surface area contributed by atoms with Gasteiger partial charge in [0.05, 0.1) is 11.6 Å². The lowest BCUT2D eigenvalue weighted by Gasteiger charge is -1.94. The van der Waals surface area contributed by atoms with Crippen LogP contribution in [0, 0.1) is 11.9 Å². The fraction of sp³-hybridized carbons (Fsp3) is 0. The summed E-state index contributed by atoms with van der Waals surface area (Å²) in [6.45, 7) is 0. The second-order valence-electron chi connectivity index (χ2n) is 2.45. The zero-order valence-corrected chi connectivity index (χ0v) is 6.10. The summed E-state index contributed by atoms with van der Waals surface area (Å²) in [6.07, 6.45) is 1.38. The van der Waals surface area contributed by atoms with Crippen LogP contribution in [0.4, 0.5) is 4.39 Å². The van der Waals surface area contributed by atoms with E-state index in [-0.39, 0.29) is 11.2 Å². The van der Waals surface area contributed by atoms with Gasteiger partial charge < -0.3 is 4.98 Å². The molecule has 1 aromatic heterocycles. The summed E-state index contributed by atoms with van der Waals surface area (Å²) in [5, 5.41) is 0.457. The van der Waals surface area contributed by atoms with Crippen LogP contribution in [0.3, 0.4) is 0 Å². The molecule has 1 heterocycles. The molecule has 2 aromatic rings. The molecule has 0 amide bonds. The smallest absolute Gasteiger partial charge is 0.197 e. The molecule has 0 unspecified atom stereocenters. The lowest BCUT2D eigenvalue weighted by Crippen LogP contribution is -2.00. The SMILES string of the molecule is O=c1[c]c[nH]c2cc(F)ccc12. The fourth-order valence-corrected chi connectivity index (χ4v) is 1.09. The number of aromatic amines is 1. The minimum atomic E-state index is -0.357. The van der Waals surface area contributed by atoms with E-state index in [9.17, 15) is 9.18 Å². The van der Waals surface area contributed by atoms with Crippen molar-refractivity contribution in [3.05, 3.63) is 46.5 Å². The van der Waals surface area contributed by atoms with Crippen LogP contribution in [-0.4, -0.2) is 4.98 Å². The van der Waals surface area contributed by atoms with Crippen molar-refractivity contribution in [2.45, 2.75) is 0 Å². The molecule has 2 nitrogen and oxygen atoms in total. The quantitative estimate of drug-likeness (QED) is 0.625. The monoisotopic (exact) mass is 162 g/mol. The van der Waals surface area contributed by atoms with Gasteiger partial charge in [-0.25, -0.2) is 4.39 Å². The Bertz CT molecular complexity index is 475. The highest BCUT2D eigenvalue weighted by molar-refractivity contribution is 5.77. The van der Waals surface area contributed by atoms with E-state index in [1.54, 1.807) is 0 Å². The van der Waals surface area contributed by atoms with Crippen LogP contribution in [0.1, 0.15) is 0 Å². The average Bonchev–Trinajstić information content (AvgIpc) is 2.04. The first-order valence-electron chi connectivity index (χ1n) is 3.46. The third-order valence-corrected chi connectivity index (χ3v) is 1.66. The van der Waals surface area contributed by atoms with Crippen LogP contribution >= 0.6 is 0 Å². The van der Waals surface area contributed by atoms with Crippen LogP contribution in [0.15, 0.2) is 29.2 Å². The van der Waals surface area contributed by atoms with Gasteiger partial charge in [0.1, 0.15) is 5.82 Å². The molecule has 0 aliphatic rings. The lowest BCUT2D eigenvalue weighted by atomic mass is 10.2. The molecule has 0 spiro atoms. The summed E-state index contributed by atoms with van der Waals surface area (Å²) in [4.78, 5) is 13.8. The molecule has 1 aromatic carbocycles. The zero-order valence-electron chi connectivity index (χ0n) is 6.10. The molecule has 1 N–H and O–H groups in total. The van der Waals surface area contributed by atoms with Crippen LogP contribution in [-0.2, 0) is 0 Å². The second-order valence-corrected chi connectivity index (χ2v) is 2.45. The first-order valence-corrected chi connectivity index (χ1v) is 3.46. The Morgan fingerprint density at radius 2 is 2.25 bits per heavy atom. The Morgan fingerprint density at radius 3 is 3.08 bits per heavy atom. The summed E-state index contributed by atoms with van der Waals surface area (Å²) >= 11 is 0. The Balaban J connectivity index is 2.96. The number of pyridine rings is 1. The number of rotatable bonds is 0. The summed E-state index contributed by atoms with van der Waals surface area (Å²) in [6, 6.07) is 6.44. The normalized spacial score (nSPS) is 10.4. The Labute approximate surface area is 67.7 Å². The molecular weight excluding hydrogens is 157 g/mol. The van der Waals surface area contributed by atoms with E-state index in [2.05, 4.69) is 11.1 Å². The Hall–Kier alpha value is -1.64. The molecule has 1 radical (unpaired) electrons. The number of H-pyrrole nitrogens is 1. The highest BCUT2D eigenvalue weighted by atomic mass is 19.1. The highest BCUT2D eigenvalue weighted by Gasteiger charge is 1.97. The van der Waals surface area contributed by atoms with Crippen molar-refractivity contribution >= 4 is 10.9 Å². The van der Waals surface area contributed by atoms with Crippen LogP contribution < -0.4 is 5.43 Å². The topological polar surface area (TPSA) is 32.9 Å². The number of halogens is 1. The van der Waals surface area contributed by atoms with Crippen LogP contribution in [0.25, 0.3) is 10.9 Å². The highest BCUT2D eigenvalue weighted by Crippen LogP contribution is 2.07. The molecule has 0 fully saturated rings. The third kappa shape index (κ3) is 0.993. The minimum absolute atomic E-state index is 0.219. The van der Waals surface area contributed by atoms with Crippen molar-refractivity contribution in [1.29, 1.82) is 0 Å². The van der Waals surface area contributed by atoms with Crippen molar-refractivity contribution in [1.82, 2.24) is 4.98 Å². The third-order valence-electron chi connectivity index (χ3n) is 1.66. The first kappa shape index (κ1) is 7.03. The van der Waals surface area contributed by atoms with E-state index in [4.69, 9.17) is 0 Å². The first-order chi connectivity index (χ1) is 5.77. The van der Waals surface area contributed by atoms with Gasteiger partial charge in [0.25, 0.3) is 0 Å². The summed E-state index contributed by atoms with van der Waals surface area (Å²) in [7, 11) is 0. The van der Waals surface area contributed by atoms with Gasteiger partial charge in [0.2, 0.25) is 0 Å². The summed E-state index contributed by atoms with van der Waals surface area (Å²) in [5.74, 6) is -0.357. The molecular formula is C9H5FNO. The number of fused-ring (bicyclic) bond motifs is 1. The number of benzene rings is 1. The molecule has 2 rings (SSSR count). The molecule has 59 valence electrons. The maximum absolute atomic E-state index is 12.6. The predicted molar refractivity (Wildman–Crippen MR) is 43.4 cm³/mol. The maximum Gasteiger partial charge on any atom is 0.197 e. The molecule has 3 heteroatoms. The molecule has 0 aliphatic carbocycles. The molecule has 0 aliphatic heterocycles. The maximum atomic E-state index is 12.6. The van der Waals surface area contributed by atoms with Gasteiger partial charge in [-0.15, -0.1) is 0 Å². The predicted octanol–water partition coefficient (Wildman–Crippen LogP) is 1.47. The van der Waals surface area contributed by atoms with Crippen molar-refractivity contribution in [3.63, 3.8) is 0 Å². The van der Waals surface area contributed by atoms with Crippen molar-refractivity contribution in [2.75, 3.05) is 0 Å². The van der Waals surface area contributed by atoms with Crippen molar-refractivity contribution < 1.29 is 4.39 Å². The van der Waals surface area contributed by atoms with Gasteiger partial charge in [-0.05, 0) is 18.2 Å². The Morgan fingerprint density at radius 1 is 1.42 bits per heavy atom. The molecule has 0 saturated heterocycles. The molecule has 12 heavy (non-hydrogen) atoms. The standard InChI is InChI=1S/C9H5FNO/c10-6-1-2-7-8(5-6)11-4-3-9(7)12/h1-2,4-5H,(H,11,12). The van der Waals surface area contributed by atoms with E-state index in [0.717, 1.165) is 0 Å². The van der Waals surface area contributed by atoms with E-state index < -0.39 is 0 Å². The van der Waals surface area contributed by atoms with E-state index >= 15 is 0 Å². The van der Waals surface area contributed by atoms with E-state index in [1.165, 1.54) is 24.4 Å². The summed E-state index contributed by atoms with van der Waals surface area (Å²) < 4.78 is 12.6. The van der Waals surface area contributed by atoms with Crippen molar-refractivity contribution in [3.8, 4) is 0 Å². The largest absolute Gasteiger partial charge is 0.360 e. The minimum Gasteiger partial charge on any atom is -0.360 e. The summed E-state index contributed by atoms with van der Waals surface area (Å²) in [5.41, 5.74) is 0.280. The molecule has 0 saturated carbocycles. The lowest BCUT2D eigenvalue weighted by molar-refractivity contribution is 0.629. The van der Waals surface area contributed by atoms with Gasteiger partial charge in [-0.1, -0.05) is 0 Å². The zero-order chi connectivity index (χ0) is 8.55. The number of hydrogen-bond donors (Lipinski definition) is 1. The number of aromatic nitrogens is 1. The van der Waals surface area contributed by atoms with Gasteiger partial charge in [0, 0.05) is 11.6 Å². The fourth-order valence-electron chi connectivity index (χ4n) is 1.09. The average molecular weight is 162 g/mol. The van der Waals surface area contributed by atoms with Gasteiger partial charge >= 0.3 is 0 Å². The molecule has 0 atom stereocenters. The molecule has 0 bridgehead atoms. The van der Waals surface area contributed by atoms with Crippen LogP contribution in [0.2, 0.25) is 0 Å².